The molecule has 0 radical (unpaired) electrons. The molecule has 2 saturated carbocycles. The number of amides is 2. The molecule has 2 aromatic rings. The van der Waals surface area contributed by atoms with Gasteiger partial charge in [0.25, 0.3) is 0 Å². The summed E-state index contributed by atoms with van der Waals surface area (Å²) >= 11 is 0. The number of aliphatic carboxylic acids is 1. The Bertz CT molecular complexity index is 1090. The third-order valence-corrected chi connectivity index (χ3v) is 7.82. The number of benzene rings is 2. The zero-order chi connectivity index (χ0) is 23.9. The number of nitrogens with one attached hydrogen (secondary N) is 2. The van der Waals surface area contributed by atoms with Crippen LogP contribution in [0.4, 0.5) is 4.79 Å². The van der Waals surface area contributed by atoms with Crippen LogP contribution in [-0.4, -0.2) is 42.3 Å². The molecule has 0 bridgehead atoms. The minimum Gasteiger partial charge on any atom is -0.481 e. The number of carbonyl (C=O) groups is 3. The molecule has 0 saturated heterocycles. The standard InChI is InChI=1S/C27H30N2O5/c1-16(24(30)29-18-12-17-13-27(17,14-18)25(31)32)10-11-28-26(33)34-15-23-21-8-4-2-6-19(21)20-7-3-5-9-22(20)23/h2-9,16-18,23H,10-15H2,1H3,(H,28,33)(H,29,30)(H,31,32)/t16?,17-,18+,27+/m0/s1. The summed E-state index contributed by atoms with van der Waals surface area (Å²) in [6.45, 7) is 2.40. The Labute approximate surface area is 198 Å². The van der Waals surface area contributed by atoms with Gasteiger partial charge in [0.2, 0.25) is 5.91 Å². The van der Waals surface area contributed by atoms with E-state index in [4.69, 9.17) is 4.74 Å². The number of hydrogen-bond donors (Lipinski definition) is 3. The number of ether oxygens (including phenoxy) is 1. The van der Waals surface area contributed by atoms with E-state index in [1.807, 2.05) is 31.2 Å². The predicted octanol–water partition coefficient (Wildman–Crippen LogP) is 3.92. The summed E-state index contributed by atoms with van der Waals surface area (Å²) in [6.07, 6.45) is 1.98. The van der Waals surface area contributed by atoms with E-state index >= 15 is 0 Å². The maximum Gasteiger partial charge on any atom is 0.407 e. The number of hydrogen-bond acceptors (Lipinski definition) is 4. The second-order valence-corrected chi connectivity index (χ2v) is 9.95. The summed E-state index contributed by atoms with van der Waals surface area (Å²) in [5, 5.41) is 15.1. The lowest BCUT2D eigenvalue weighted by atomic mass is 9.98. The highest BCUT2D eigenvalue weighted by atomic mass is 16.5. The van der Waals surface area contributed by atoms with Crippen molar-refractivity contribution in [1.29, 1.82) is 0 Å². The van der Waals surface area contributed by atoms with Gasteiger partial charge in [-0.15, -0.1) is 0 Å². The first-order valence-electron chi connectivity index (χ1n) is 12.0. The lowest BCUT2D eigenvalue weighted by Crippen LogP contribution is -2.39. The summed E-state index contributed by atoms with van der Waals surface area (Å²) < 4.78 is 5.53. The SMILES string of the molecule is CC(CCNC(=O)OCC1c2ccccc2-c2ccccc21)C(=O)N[C@@H]1C[C@H]2C[C@@]2(C(=O)O)C1. The molecule has 0 aliphatic heterocycles. The molecule has 3 aliphatic rings. The van der Waals surface area contributed by atoms with Gasteiger partial charge in [-0.3, -0.25) is 9.59 Å². The van der Waals surface area contributed by atoms with E-state index < -0.39 is 17.5 Å². The molecule has 7 heteroatoms. The average molecular weight is 463 g/mol. The van der Waals surface area contributed by atoms with Gasteiger partial charge in [-0.05, 0) is 53.9 Å². The average Bonchev–Trinajstić information content (AvgIpc) is 3.26. The van der Waals surface area contributed by atoms with Crippen molar-refractivity contribution in [2.45, 2.75) is 44.6 Å². The lowest BCUT2D eigenvalue weighted by Gasteiger charge is -2.19. The van der Waals surface area contributed by atoms with E-state index in [0.29, 0.717) is 19.4 Å². The van der Waals surface area contributed by atoms with Crippen molar-refractivity contribution in [3.05, 3.63) is 59.7 Å². The Morgan fingerprint density at radius 2 is 1.71 bits per heavy atom. The van der Waals surface area contributed by atoms with E-state index in [0.717, 1.165) is 24.0 Å². The Morgan fingerprint density at radius 1 is 1.06 bits per heavy atom. The van der Waals surface area contributed by atoms with Gasteiger partial charge in [0.05, 0.1) is 5.41 Å². The quantitative estimate of drug-likeness (QED) is 0.552. The normalized spacial score (nSPS) is 25.0. The van der Waals surface area contributed by atoms with Crippen LogP contribution >= 0.6 is 0 Å². The Balaban J connectivity index is 1.06. The topological polar surface area (TPSA) is 105 Å². The highest BCUT2D eigenvalue weighted by molar-refractivity contribution is 5.82. The molecule has 34 heavy (non-hydrogen) atoms. The molecular formula is C27H30N2O5. The molecule has 2 fully saturated rings. The Morgan fingerprint density at radius 3 is 2.32 bits per heavy atom. The first-order chi connectivity index (χ1) is 16.4. The third-order valence-electron chi connectivity index (χ3n) is 7.82. The molecular weight excluding hydrogens is 432 g/mol. The summed E-state index contributed by atoms with van der Waals surface area (Å²) in [5.41, 5.74) is 4.08. The zero-order valence-electron chi connectivity index (χ0n) is 19.3. The molecule has 1 unspecified atom stereocenters. The third kappa shape index (κ3) is 4.04. The number of rotatable bonds is 8. The highest BCUT2D eigenvalue weighted by Crippen LogP contribution is 2.63. The van der Waals surface area contributed by atoms with Crippen molar-refractivity contribution >= 4 is 18.0 Å². The molecule has 178 valence electrons. The van der Waals surface area contributed by atoms with Crippen LogP contribution < -0.4 is 10.6 Å². The minimum absolute atomic E-state index is 0.00886. The summed E-state index contributed by atoms with van der Waals surface area (Å²) in [4.78, 5) is 36.2. The van der Waals surface area contributed by atoms with Crippen molar-refractivity contribution < 1.29 is 24.2 Å². The second kappa shape index (κ2) is 8.78. The summed E-state index contributed by atoms with van der Waals surface area (Å²) in [5.74, 6) is -0.919. The molecule has 4 atom stereocenters. The van der Waals surface area contributed by atoms with Crippen LogP contribution in [0.5, 0.6) is 0 Å². The highest BCUT2D eigenvalue weighted by Gasteiger charge is 2.65. The van der Waals surface area contributed by atoms with Crippen LogP contribution in [0.2, 0.25) is 0 Å². The molecule has 0 aromatic heterocycles. The number of carboxylic acids is 1. The molecule has 0 spiro atoms. The Hall–Kier alpha value is -3.35. The first-order valence-corrected chi connectivity index (χ1v) is 12.0. The van der Waals surface area contributed by atoms with E-state index in [1.54, 1.807) is 0 Å². The van der Waals surface area contributed by atoms with Crippen LogP contribution in [-0.2, 0) is 14.3 Å². The van der Waals surface area contributed by atoms with Gasteiger partial charge in [-0.1, -0.05) is 55.5 Å². The minimum atomic E-state index is -0.741. The number of fused-ring (bicyclic) bond motifs is 4. The molecule has 5 rings (SSSR count). The van der Waals surface area contributed by atoms with Gasteiger partial charge >= 0.3 is 12.1 Å². The fraction of sp³-hybridized carbons (Fsp3) is 0.444. The Kier molecular flexibility index (Phi) is 5.80. The first kappa shape index (κ1) is 22.4. The number of carboxylic acid groups (broad SMARTS) is 1. The van der Waals surface area contributed by atoms with Gasteiger partial charge in [0.15, 0.2) is 0 Å². The second-order valence-electron chi connectivity index (χ2n) is 9.95. The lowest BCUT2D eigenvalue weighted by molar-refractivity contribution is -0.144. The monoisotopic (exact) mass is 462 g/mol. The van der Waals surface area contributed by atoms with Crippen molar-refractivity contribution in [3.63, 3.8) is 0 Å². The molecule has 2 aromatic carbocycles. The molecule has 3 aliphatic carbocycles. The molecule has 7 nitrogen and oxygen atoms in total. The summed E-state index contributed by atoms with van der Waals surface area (Å²) in [6, 6.07) is 16.3. The largest absolute Gasteiger partial charge is 0.481 e. The van der Waals surface area contributed by atoms with Crippen molar-refractivity contribution in [2.24, 2.45) is 17.3 Å². The maximum absolute atomic E-state index is 12.5. The van der Waals surface area contributed by atoms with Crippen molar-refractivity contribution in [3.8, 4) is 11.1 Å². The van der Waals surface area contributed by atoms with Gasteiger partial charge in [-0.25, -0.2) is 4.79 Å². The van der Waals surface area contributed by atoms with Gasteiger partial charge in [0, 0.05) is 24.4 Å². The smallest absolute Gasteiger partial charge is 0.407 e. The molecule has 3 N–H and O–H groups in total. The zero-order valence-corrected chi connectivity index (χ0v) is 19.3. The molecule has 0 heterocycles. The fourth-order valence-corrected chi connectivity index (χ4v) is 5.78. The van der Waals surface area contributed by atoms with E-state index in [-0.39, 0.29) is 36.3 Å². The van der Waals surface area contributed by atoms with Gasteiger partial charge in [0.1, 0.15) is 6.61 Å². The van der Waals surface area contributed by atoms with Crippen LogP contribution in [0.3, 0.4) is 0 Å². The maximum atomic E-state index is 12.5. The fourth-order valence-electron chi connectivity index (χ4n) is 5.78. The van der Waals surface area contributed by atoms with Crippen molar-refractivity contribution in [2.75, 3.05) is 13.2 Å². The molecule has 2 amide bonds. The van der Waals surface area contributed by atoms with E-state index in [9.17, 15) is 19.5 Å². The summed E-state index contributed by atoms with van der Waals surface area (Å²) in [7, 11) is 0. The van der Waals surface area contributed by atoms with Crippen LogP contribution in [0.1, 0.15) is 49.7 Å². The predicted molar refractivity (Wildman–Crippen MR) is 126 cm³/mol. The van der Waals surface area contributed by atoms with Crippen LogP contribution in [0.15, 0.2) is 48.5 Å². The number of alkyl carbamates (subject to hydrolysis) is 1. The van der Waals surface area contributed by atoms with E-state index in [1.165, 1.54) is 11.1 Å². The van der Waals surface area contributed by atoms with Crippen molar-refractivity contribution in [1.82, 2.24) is 10.6 Å². The van der Waals surface area contributed by atoms with E-state index in [2.05, 4.69) is 34.9 Å². The van der Waals surface area contributed by atoms with Crippen LogP contribution in [0.25, 0.3) is 11.1 Å². The number of carbonyl (C=O) groups excluding carboxylic acids is 2. The van der Waals surface area contributed by atoms with Gasteiger partial charge in [-0.2, -0.15) is 0 Å². The van der Waals surface area contributed by atoms with Gasteiger partial charge < -0.3 is 20.5 Å². The van der Waals surface area contributed by atoms with Crippen LogP contribution in [0, 0.1) is 17.3 Å².